The number of para-hydroxylation sites is 1. The molecule has 2 aromatic carbocycles. The first-order valence-electron chi connectivity index (χ1n) is 9.81. The van der Waals surface area contributed by atoms with Crippen molar-refractivity contribution in [3.63, 3.8) is 0 Å². The van der Waals surface area contributed by atoms with E-state index >= 15 is 0 Å². The van der Waals surface area contributed by atoms with Gasteiger partial charge in [0, 0.05) is 37.8 Å². The van der Waals surface area contributed by atoms with E-state index in [1.165, 1.54) is 0 Å². The standard InChI is InChI=1S/C23H30N4O2.HI/c1-4-13-25-22(28)19-11-8-9-18(15-19)16-26-23(24-3)27-17-20-10-6-7-12-21(20)29-14-5-2;/h5-12,15H,2,4,13-14,16-17H2,1,3H3,(H,25,28)(H2,24,26,27);1H. The number of benzene rings is 2. The third-order valence-electron chi connectivity index (χ3n) is 4.18. The highest BCUT2D eigenvalue weighted by molar-refractivity contribution is 14.0. The second-order valence-corrected chi connectivity index (χ2v) is 6.44. The lowest BCUT2D eigenvalue weighted by molar-refractivity contribution is 0.0953. The SMILES string of the molecule is C=CCOc1ccccc1CNC(=NC)NCc1cccc(C(=O)NCCC)c1.I. The molecule has 7 heteroatoms. The molecule has 0 spiro atoms. The Balaban J connectivity index is 0.00000450. The second-order valence-electron chi connectivity index (χ2n) is 6.44. The van der Waals surface area contributed by atoms with Gasteiger partial charge >= 0.3 is 0 Å². The van der Waals surface area contributed by atoms with E-state index in [9.17, 15) is 4.79 Å². The number of carbonyl (C=O) groups is 1. The van der Waals surface area contributed by atoms with Crippen LogP contribution in [0.3, 0.4) is 0 Å². The fourth-order valence-corrected chi connectivity index (χ4v) is 2.69. The van der Waals surface area contributed by atoms with E-state index < -0.39 is 0 Å². The number of ether oxygens (including phenoxy) is 1. The van der Waals surface area contributed by atoms with Crippen molar-refractivity contribution in [2.75, 3.05) is 20.2 Å². The van der Waals surface area contributed by atoms with Gasteiger partial charge in [0.25, 0.3) is 5.91 Å². The van der Waals surface area contributed by atoms with Crippen LogP contribution in [0.2, 0.25) is 0 Å². The maximum atomic E-state index is 12.1. The molecule has 2 rings (SSSR count). The van der Waals surface area contributed by atoms with Crippen LogP contribution in [0.25, 0.3) is 0 Å². The van der Waals surface area contributed by atoms with Crippen LogP contribution in [0.4, 0.5) is 0 Å². The summed E-state index contributed by atoms with van der Waals surface area (Å²) >= 11 is 0. The van der Waals surface area contributed by atoms with Gasteiger partial charge in [-0.3, -0.25) is 9.79 Å². The van der Waals surface area contributed by atoms with Crippen LogP contribution in [0.1, 0.15) is 34.8 Å². The average Bonchev–Trinajstić information content (AvgIpc) is 2.77. The molecule has 0 heterocycles. The maximum absolute atomic E-state index is 12.1. The van der Waals surface area contributed by atoms with Gasteiger partial charge in [0.1, 0.15) is 12.4 Å². The molecule has 0 radical (unpaired) electrons. The molecule has 3 N–H and O–H groups in total. The molecule has 1 amide bonds. The molecule has 2 aromatic rings. The van der Waals surface area contributed by atoms with Crippen LogP contribution in [0.15, 0.2) is 66.2 Å². The summed E-state index contributed by atoms with van der Waals surface area (Å²) in [5.41, 5.74) is 2.70. The van der Waals surface area contributed by atoms with Gasteiger partial charge in [-0.05, 0) is 30.2 Å². The lowest BCUT2D eigenvalue weighted by atomic mass is 10.1. The van der Waals surface area contributed by atoms with Gasteiger partial charge in [-0.15, -0.1) is 24.0 Å². The first-order valence-corrected chi connectivity index (χ1v) is 9.81. The Labute approximate surface area is 196 Å². The predicted molar refractivity (Wildman–Crippen MR) is 134 cm³/mol. The molecule has 30 heavy (non-hydrogen) atoms. The molecular weight excluding hydrogens is 491 g/mol. The number of hydrogen-bond donors (Lipinski definition) is 3. The van der Waals surface area contributed by atoms with Crippen molar-refractivity contribution < 1.29 is 9.53 Å². The Hall–Kier alpha value is -2.55. The third-order valence-corrected chi connectivity index (χ3v) is 4.18. The number of nitrogens with one attached hydrogen (secondary N) is 3. The molecule has 0 aliphatic carbocycles. The number of hydrogen-bond acceptors (Lipinski definition) is 3. The minimum Gasteiger partial charge on any atom is -0.489 e. The number of halogens is 1. The van der Waals surface area contributed by atoms with Crippen molar-refractivity contribution >= 4 is 35.8 Å². The quantitative estimate of drug-likeness (QED) is 0.192. The van der Waals surface area contributed by atoms with E-state index in [0.29, 0.717) is 37.8 Å². The van der Waals surface area contributed by atoms with E-state index in [4.69, 9.17) is 4.74 Å². The molecule has 0 unspecified atom stereocenters. The van der Waals surface area contributed by atoms with Crippen LogP contribution in [-0.2, 0) is 13.1 Å². The van der Waals surface area contributed by atoms with Crippen molar-refractivity contribution in [1.29, 1.82) is 0 Å². The first kappa shape index (κ1) is 25.5. The van der Waals surface area contributed by atoms with Crippen LogP contribution in [0.5, 0.6) is 5.75 Å². The van der Waals surface area contributed by atoms with Gasteiger partial charge in [-0.2, -0.15) is 0 Å². The summed E-state index contributed by atoms with van der Waals surface area (Å²) < 4.78 is 5.69. The van der Waals surface area contributed by atoms with Crippen molar-refractivity contribution in [3.05, 3.63) is 77.9 Å². The van der Waals surface area contributed by atoms with Crippen molar-refractivity contribution in [2.45, 2.75) is 26.4 Å². The van der Waals surface area contributed by atoms with Crippen molar-refractivity contribution in [2.24, 2.45) is 4.99 Å². The largest absolute Gasteiger partial charge is 0.489 e. The summed E-state index contributed by atoms with van der Waals surface area (Å²) in [6.07, 6.45) is 2.64. The number of rotatable bonds is 10. The van der Waals surface area contributed by atoms with Crippen LogP contribution in [-0.4, -0.2) is 32.1 Å². The minimum absolute atomic E-state index is 0. The van der Waals surface area contributed by atoms with E-state index in [1.807, 2.05) is 55.5 Å². The molecule has 0 saturated heterocycles. The minimum atomic E-state index is -0.0488. The topological polar surface area (TPSA) is 74.8 Å². The van der Waals surface area contributed by atoms with Gasteiger partial charge in [0.2, 0.25) is 0 Å². The Morgan fingerprint density at radius 3 is 2.60 bits per heavy atom. The zero-order chi connectivity index (χ0) is 20.9. The summed E-state index contributed by atoms with van der Waals surface area (Å²) in [6, 6.07) is 15.5. The number of guanidine groups is 1. The van der Waals surface area contributed by atoms with Gasteiger partial charge in [-0.25, -0.2) is 0 Å². The Morgan fingerprint density at radius 2 is 1.87 bits per heavy atom. The van der Waals surface area contributed by atoms with E-state index in [2.05, 4.69) is 27.5 Å². The van der Waals surface area contributed by atoms with Crippen LogP contribution >= 0.6 is 24.0 Å². The van der Waals surface area contributed by atoms with Crippen LogP contribution < -0.4 is 20.7 Å². The van der Waals surface area contributed by atoms with Gasteiger partial charge in [0.15, 0.2) is 5.96 Å². The van der Waals surface area contributed by atoms with Crippen molar-refractivity contribution in [1.82, 2.24) is 16.0 Å². The Bertz CT molecular complexity index is 839. The highest BCUT2D eigenvalue weighted by atomic mass is 127. The average molecular weight is 522 g/mol. The van der Waals surface area contributed by atoms with E-state index in [1.54, 1.807) is 13.1 Å². The van der Waals surface area contributed by atoms with E-state index in [-0.39, 0.29) is 29.9 Å². The molecule has 0 aromatic heterocycles. The summed E-state index contributed by atoms with van der Waals surface area (Å²) in [6.45, 7) is 7.99. The fraction of sp³-hybridized carbons (Fsp3) is 0.304. The fourth-order valence-electron chi connectivity index (χ4n) is 2.69. The number of amides is 1. The maximum Gasteiger partial charge on any atom is 0.251 e. The zero-order valence-electron chi connectivity index (χ0n) is 17.6. The molecule has 6 nitrogen and oxygen atoms in total. The summed E-state index contributed by atoms with van der Waals surface area (Å²) in [7, 11) is 1.73. The highest BCUT2D eigenvalue weighted by Crippen LogP contribution is 2.17. The monoisotopic (exact) mass is 522 g/mol. The Kier molecular flexibility index (Phi) is 12.3. The Morgan fingerprint density at radius 1 is 1.10 bits per heavy atom. The van der Waals surface area contributed by atoms with Gasteiger partial charge in [0.05, 0.1) is 0 Å². The van der Waals surface area contributed by atoms with Gasteiger partial charge in [-0.1, -0.05) is 49.9 Å². The first-order chi connectivity index (χ1) is 14.2. The molecular formula is C23H31IN4O2. The third kappa shape index (κ3) is 8.44. The smallest absolute Gasteiger partial charge is 0.251 e. The lowest BCUT2D eigenvalue weighted by Crippen LogP contribution is -2.36. The van der Waals surface area contributed by atoms with Crippen LogP contribution in [0, 0.1) is 0 Å². The van der Waals surface area contributed by atoms with Gasteiger partial charge < -0.3 is 20.7 Å². The molecule has 0 fully saturated rings. The number of carbonyl (C=O) groups excluding carboxylic acids is 1. The molecule has 0 aliphatic rings. The zero-order valence-corrected chi connectivity index (χ0v) is 19.9. The van der Waals surface area contributed by atoms with Crippen molar-refractivity contribution in [3.8, 4) is 5.75 Å². The predicted octanol–water partition coefficient (Wildman–Crippen LogP) is 3.87. The number of aliphatic imine (C=N–C) groups is 1. The normalized spacial score (nSPS) is 10.5. The highest BCUT2D eigenvalue weighted by Gasteiger charge is 2.07. The molecule has 0 bridgehead atoms. The molecule has 162 valence electrons. The second kappa shape index (κ2) is 14.4. The summed E-state index contributed by atoms with van der Waals surface area (Å²) in [5.74, 6) is 1.44. The summed E-state index contributed by atoms with van der Waals surface area (Å²) in [4.78, 5) is 16.4. The molecule has 0 aliphatic heterocycles. The molecule has 0 atom stereocenters. The van der Waals surface area contributed by atoms with E-state index in [0.717, 1.165) is 23.3 Å². The lowest BCUT2D eigenvalue weighted by Gasteiger charge is -2.14. The number of nitrogens with zero attached hydrogens (tertiary/aromatic N) is 1. The summed E-state index contributed by atoms with van der Waals surface area (Å²) in [5, 5.41) is 9.47. The molecule has 0 saturated carbocycles.